The van der Waals surface area contributed by atoms with Crippen LogP contribution < -0.4 is 0 Å². The summed E-state index contributed by atoms with van der Waals surface area (Å²) >= 11 is 0. The molecule has 0 radical (unpaired) electrons. The van der Waals surface area contributed by atoms with Crippen LogP contribution in [0.25, 0.3) is 0 Å². The molecule has 0 aliphatic heterocycles. The summed E-state index contributed by atoms with van der Waals surface area (Å²) in [5.41, 5.74) is 0. The minimum Gasteiger partial charge on any atom is -0.243 e. The Morgan fingerprint density at radius 2 is 2.00 bits per heavy atom. The molecule has 0 amide bonds. The van der Waals surface area contributed by atoms with Gasteiger partial charge in [-0.1, -0.05) is 6.92 Å². The fraction of sp³-hybridized carbons (Fsp3) is 0.833. The van der Waals surface area contributed by atoms with Gasteiger partial charge in [0.05, 0.1) is 0 Å². The van der Waals surface area contributed by atoms with E-state index in [-0.39, 0.29) is 0 Å². The van der Waals surface area contributed by atoms with Crippen molar-refractivity contribution in [3.8, 4) is 0 Å². The molecule has 0 bridgehead atoms. The number of rotatable bonds is 3. The second kappa shape index (κ2) is 3.85. The first-order valence-electron chi connectivity index (χ1n) is 2.86. The Hall–Kier alpha value is -0.330. The van der Waals surface area contributed by atoms with Gasteiger partial charge in [0.15, 0.2) is 0 Å². The van der Waals surface area contributed by atoms with Crippen molar-refractivity contribution in [3.63, 3.8) is 0 Å². The molecule has 7 heavy (non-hydrogen) atoms. The van der Waals surface area contributed by atoms with E-state index in [4.69, 9.17) is 0 Å². The van der Waals surface area contributed by atoms with Gasteiger partial charge in [-0.25, -0.2) is 4.58 Å². The van der Waals surface area contributed by atoms with Crippen molar-refractivity contribution < 1.29 is 4.58 Å². The van der Waals surface area contributed by atoms with Crippen molar-refractivity contribution in [3.05, 3.63) is 0 Å². The Bertz CT molecular complexity index is 57.2. The van der Waals surface area contributed by atoms with Crippen LogP contribution in [0.4, 0.5) is 0 Å². The van der Waals surface area contributed by atoms with Crippen LogP contribution in [0.15, 0.2) is 0 Å². The topological polar surface area (TPSA) is 3.01 Å². The van der Waals surface area contributed by atoms with E-state index in [9.17, 15) is 0 Å². The molecule has 0 fully saturated rings. The molecule has 0 aliphatic carbocycles. The van der Waals surface area contributed by atoms with Gasteiger partial charge < -0.3 is 0 Å². The van der Waals surface area contributed by atoms with Gasteiger partial charge in [-0.3, -0.25) is 0 Å². The Morgan fingerprint density at radius 3 is 2.14 bits per heavy atom. The van der Waals surface area contributed by atoms with Crippen LogP contribution in [0.2, 0.25) is 0 Å². The summed E-state index contributed by atoms with van der Waals surface area (Å²) in [6.45, 7) is 10.2. The molecule has 0 saturated carbocycles. The molecular formula is C6H14N+. The second-order valence-electron chi connectivity index (χ2n) is 1.71. The fourth-order valence-electron chi connectivity index (χ4n) is 0.474. The van der Waals surface area contributed by atoms with Gasteiger partial charge in [-0.05, 0) is 6.92 Å². The van der Waals surface area contributed by atoms with Gasteiger partial charge >= 0.3 is 0 Å². The summed E-state index contributed by atoms with van der Waals surface area (Å²) < 4.78 is 2.06. The molecule has 0 aromatic heterocycles. The number of hydrogen-bond acceptors (Lipinski definition) is 0. The first kappa shape index (κ1) is 6.67. The summed E-state index contributed by atoms with van der Waals surface area (Å²) in [4.78, 5) is 0. The third-order valence-electron chi connectivity index (χ3n) is 0.987. The van der Waals surface area contributed by atoms with Crippen LogP contribution in [0.3, 0.4) is 0 Å². The molecule has 0 aromatic rings. The molecular weight excluding hydrogens is 86.1 g/mol. The predicted octanol–water partition coefficient (Wildman–Crippen LogP) is 1.13. The standard InChI is InChI=1S/C6H14N/c1-4-6-7(3)5-2/h3-6H2,1-2H3/q+1. The van der Waals surface area contributed by atoms with Gasteiger partial charge in [0.25, 0.3) is 0 Å². The SMILES string of the molecule is C=[N+](CC)CCC. The quantitative estimate of drug-likeness (QED) is 0.369. The molecule has 0 N–H and O–H groups in total. The van der Waals surface area contributed by atoms with Crippen molar-refractivity contribution in [2.24, 2.45) is 0 Å². The molecule has 42 valence electrons. The third kappa shape index (κ3) is 3.50. The lowest BCUT2D eigenvalue weighted by Crippen LogP contribution is -2.08. The Balaban J connectivity index is 3.00. The number of nitrogens with zero attached hydrogens (tertiary/aromatic N) is 1. The van der Waals surface area contributed by atoms with Crippen LogP contribution >= 0.6 is 0 Å². The molecule has 0 unspecified atom stereocenters. The summed E-state index contributed by atoms with van der Waals surface area (Å²) in [5, 5.41) is 0. The predicted molar refractivity (Wildman–Crippen MR) is 33.1 cm³/mol. The van der Waals surface area contributed by atoms with Crippen molar-refractivity contribution in [2.45, 2.75) is 20.3 Å². The van der Waals surface area contributed by atoms with Crippen LogP contribution in [-0.2, 0) is 0 Å². The Kier molecular flexibility index (Phi) is 3.67. The van der Waals surface area contributed by atoms with Gasteiger partial charge in [-0.15, -0.1) is 0 Å². The van der Waals surface area contributed by atoms with E-state index in [2.05, 4.69) is 25.1 Å². The maximum Gasteiger partial charge on any atom is 0.142 e. The van der Waals surface area contributed by atoms with Crippen molar-refractivity contribution in [1.82, 2.24) is 0 Å². The fourth-order valence-corrected chi connectivity index (χ4v) is 0.474. The average Bonchev–Trinajstić information content (AvgIpc) is 1.68. The zero-order chi connectivity index (χ0) is 5.70. The molecule has 1 nitrogen and oxygen atoms in total. The van der Waals surface area contributed by atoms with Crippen LogP contribution in [0.1, 0.15) is 20.3 Å². The van der Waals surface area contributed by atoms with E-state index in [1.807, 2.05) is 0 Å². The van der Waals surface area contributed by atoms with E-state index in [0.717, 1.165) is 13.1 Å². The second-order valence-corrected chi connectivity index (χ2v) is 1.71. The molecule has 0 rings (SSSR count). The maximum absolute atomic E-state index is 3.78. The highest BCUT2D eigenvalue weighted by Gasteiger charge is 1.88. The molecule has 1 heteroatoms. The van der Waals surface area contributed by atoms with Gasteiger partial charge in [-0.2, -0.15) is 0 Å². The molecule has 0 saturated heterocycles. The highest BCUT2D eigenvalue weighted by atomic mass is 15.0. The van der Waals surface area contributed by atoms with Gasteiger partial charge in [0.1, 0.15) is 19.8 Å². The van der Waals surface area contributed by atoms with Crippen molar-refractivity contribution in [2.75, 3.05) is 13.1 Å². The summed E-state index contributed by atoms with van der Waals surface area (Å²) in [6.07, 6.45) is 1.21. The summed E-state index contributed by atoms with van der Waals surface area (Å²) in [6, 6.07) is 0. The van der Waals surface area contributed by atoms with E-state index in [0.29, 0.717) is 0 Å². The van der Waals surface area contributed by atoms with Crippen LogP contribution in [0, 0.1) is 0 Å². The minimum absolute atomic E-state index is 1.06. The van der Waals surface area contributed by atoms with E-state index < -0.39 is 0 Å². The van der Waals surface area contributed by atoms with Gasteiger partial charge in [0, 0.05) is 6.42 Å². The van der Waals surface area contributed by atoms with E-state index in [1.54, 1.807) is 0 Å². The van der Waals surface area contributed by atoms with Crippen molar-refractivity contribution >= 4 is 6.72 Å². The smallest absolute Gasteiger partial charge is 0.142 e. The summed E-state index contributed by atoms with van der Waals surface area (Å²) in [7, 11) is 0. The lowest BCUT2D eigenvalue weighted by atomic mass is 10.5. The highest BCUT2D eigenvalue weighted by molar-refractivity contribution is 5.14. The lowest BCUT2D eigenvalue weighted by molar-refractivity contribution is -0.515. The van der Waals surface area contributed by atoms with Crippen molar-refractivity contribution in [1.29, 1.82) is 0 Å². The molecule has 0 heterocycles. The molecule has 0 aromatic carbocycles. The van der Waals surface area contributed by atoms with E-state index in [1.165, 1.54) is 6.42 Å². The minimum atomic E-state index is 1.06. The number of hydrogen-bond donors (Lipinski definition) is 0. The summed E-state index contributed by atoms with van der Waals surface area (Å²) in [5.74, 6) is 0. The van der Waals surface area contributed by atoms with Gasteiger partial charge in [0.2, 0.25) is 0 Å². The highest BCUT2D eigenvalue weighted by Crippen LogP contribution is 1.75. The Labute approximate surface area is 45.7 Å². The van der Waals surface area contributed by atoms with Crippen LogP contribution in [0.5, 0.6) is 0 Å². The molecule has 0 spiro atoms. The molecule has 0 aliphatic rings. The largest absolute Gasteiger partial charge is 0.243 e. The first-order valence-corrected chi connectivity index (χ1v) is 2.86. The monoisotopic (exact) mass is 100 g/mol. The van der Waals surface area contributed by atoms with Crippen LogP contribution in [-0.4, -0.2) is 24.4 Å². The Morgan fingerprint density at radius 1 is 1.43 bits per heavy atom. The zero-order valence-corrected chi connectivity index (χ0v) is 5.28. The normalized spacial score (nSPS) is 8.86. The molecule has 0 atom stereocenters. The zero-order valence-electron chi connectivity index (χ0n) is 5.28. The first-order chi connectivity index (χ1) is 3.31. The average molecular weight is 100 g/mol. The van der Waals surface area contributed by atoms with E-state index >= 15 is 0 Å². The maximum atomic E-state index is 3.78. The third-order valence-corrected chi connectivity index (χ3v) is 0.987. The lowest BCUT2D eigenvalue weighted by Gasteiger charge is -1.91.